The summed E-state index contributed by atoms with van der Waals surface area (Å²) in [5.74, 6) is -2.67. The first-order valence-corrected chi connectivity index (χ1v) is 7.70. The number of halogens is 2. The highest BCUT2D eigenvalue weighted by atomic mass is 32.1. The topological polar surface area (TPSA) is 42.0 Å². The Morgan fingerprint density at radius 3 is 2.39 bits per heavy atom. The number of carbonyl (C=O) groups excluding carboxylic acids is 1. The lowest BCUT2D eigenvalue weighted by atomic mass is 10.1. The maximum atomic E-state index is 13.6. The number of hydrogen-bond donors (Lipinski definition) is 1. The van der Waals surface area contributed by atoms with Crippen LogP contribution in [0.5, 0.6) is 0 Å². The largest absolute Gasteiger partial charge is 0.298 e. The lowest BCUT2D eigenvalue weighted by Gasteiger charge is -2.04. The van der Waals surface area contributed by atoms with Gasteiger partial charge in [0.2, 0.25) is 0 Å². The maximum absolute atomic E-state index is 13.6. The van der Waals surface area contributed by atoms with Gasteiger partial charge in [0.15, 0.2) is 5.13 Å². The first-order valence-electron chi connectivity index (χ1n) is 6.82. The van der Waals surface area contributed by atoms with Gasteiger partial charge in [-0.3, -0.25) is 10.1 Å². The number of benzene rings is 2. The third-order valence-electron chi connectivity index (χ3n) is 3.26. The van der Waals surface area contributed by atoms with Crippen LogP contribution in [0.25, 0.3) is 11.3 Å². The van der Waals surface area contributed by atoms with Gasteiger partial charge >= 0.3 is 0 Å². The van der Waals surface area contributed by atoms with Gasteiger partial charge in [-0.2, -0.15) is 0 Å². The van der Waals surface area contributed by atoms with Gasteiger partial charge in [-0.15, -0.1) is 11.3 Å². The van der Waals surface area contributed by atoms with Crippen molar-refractivity contribution in [3.05, 3.63) is 70.6 Å². The number of hydrogen-bond acceptors (Lipinski definition) is 3. The number of rotatable bonds is 3. The van der Waals surface area contributed by atoms with Gasteiger partial charge in [-0.05, 0) is 19.1 Å². The molecule has 23 heavy (non-hydrogen) atoms. The molecule has 1 heterocycles. The van der Waals surface area contributed by atoms with E-state index in [1.165, 1.54) is 17.4 Å². The average molecular weight is 330 g/mol. The lowest BCUT2D eigenvalue weighted by Crippen LogP contribution is -2.15. The van der Waals surface area contributed by atoms with Crippen molar-refractivity contribution in [2.45, 2.75) is 6.92 Å². The quantitative estimate of drug-likeness (QED) is 0.759. The predicted molar refractivity (Wildman–Crippen MR) is 86.6 cm³/mol. The minimum atomic E-state index is -0.905. The van der Waals surface area contributed by atoms with Gasteiger partial charge < -0.3 is 0 Å². The third-order valence-corrected chi connectivity index (χ3v) is 4.02. The normalized spacial score (nSPS) is 10.6. The molecule has 1 N–H and O–H groups in total. The number of aromatic nitrogens is 1. The lowest BCUT2D eigenvalue weighted by molar-refractivity contribution is 0.101. The number of aryl methyl sites for hydroxylation is 1. The van der Waals surface area contributed by atoms with E-state index in [1.807, 2.05) is 31.2 Å². The molecule has 0 unspecified atom stereocenters. The summed E-state index contributed by atoms with van der Waals surface area (Å²) in [7, 11) is 0. The highest BCUT2D eigenvalue weighted by molar-refractivity contribution is 7.14. The molecule has 0 saturated carbocycles. The standard InChI is InChI=1S/C17H12F2N2OS/c1-10-5-7-11(8-6-10)14-9-23-17(20-14)21-16(22)15-12(18)3-2-4-13(15)19/h2-9H,1H3,(H,20,21,22). The van der Waals surface area contributed by atoms with Crippen LogP contribution in [-0.4, -0.2) is 10.9 Å². The van der Waals surface area contributed by atoms with Crippen molar-refractivity contribution < 1.29 is 13.6 Å². The zero-order valence-electron chi connectivity index (χ0n) is 12.1. The molecule has 116 valence electrons. The van der Waals surface area contributed by atoms with Crippen molar-refractivity contribution in [2.24, 2.45) is 0 Å². The Bertz CT molecular complexity index is 839. The van der Waals surface area contributed by atoms with E-state index >= 15 is 0 Å². The van der Waals surface area contributed by atoms with Gasteiger partial charge in [0.1, 0.15) is 17.2 Å². The van der Waals surface area contributed by atoms with Crippen LogP contribution in [0.2, 0.25) is 0 Å². The number of nitrogens with zero attached hydrogens (tertiary/aromatic N) is 1. The average Bonchev–Trinajstić information content (AvgIpc) is 2.96. The van der Waals surface area contributed by atoms with Crippen molar-refractivity contribution in [3.8, 4) is 11.3 Å². The van der Waals surface area contributed by atoms with Crippen LogP contribution in [0.3, 0.4) is 0 Å². The van der Waals surface area contributed by atoms with Crippen molar-refractivity contribution in [1.82, 2.24) is 4.98 Å². The molecule has 3 nitrogen and oxygen atoms in total. The second kappa shape index (κ2) is 6.26. The van der Waals surface area contributed by atoms with Crippen LogP contribution in [0.1, 0.15) is 15.9 Å². The fraction of sp³-hybridized carbons (Fsp3) is 0.0588. The monoisotopic (exact) mass is 330 g/mol. The number of carbonyl (C=O) groups is 1. The molecular formula is C17H12F2N2OS. The first kappa shape index (κ1) is 15.3. The van der Waals surface area contributed by atoms with E-state index in [4.69, 9.17) is 0 Å². The van der Waals surface area contributed by atoms with Gasteiger partial charge in [-0.25, -0.2) is 13.8 Å². The number of anilines is 1. The molecule has 0 saturated heterocycles. The van der Waals surface area contributed by atoms with Crippen LogP contribution in [0.15, 0.2) is 47.8 Å². The summed E-state index contributed by atoms with van der Waals surface area (Å²) >= 11 is 1.20. The maximum Gasteiger partial charge on any atom is 0.263 e. The molecule has 1 amide bonds. The summed E-state index contributed by atoms with van der Waals surface area (Å²) in [4.78, 5) is 16.3. The fourth-order valence-corrected chi connectivity index (χ4v) is 2.78. The van der Waals surface area contributed by atoms with E-state index < -0.39 is 23.1 Å². The van der Waals surface area contributed by atoms with Crippen molar-refractivity contribution in [1.29, 1.82) is 0 Å². The Morgan fingerprint density at radius 2 is 1.74 bits per heavy atom. The molecule has 0 fully saturated rings. The van der Waals surface area contributed by atoms with Crippen LogP contribution >= 0.6 is 11.3 Å². The Hall–Kier alpha value is -2.60. The zero-order valence-corrected chi connectivity index (χ0v) is 13.0. The SMILES string of the molecule is Cc1ccc(-c2csc(NC(=O)c3c(F)cccc3F)n2)cc1. The van der Waals surface area contributed by atoms with Crippen molar-refractivity contribution in [2.75, 3.05) is 5.32 Å². The molecule has 0 radical (unpaired) electrons. The summed E-state index contributed by atoms with van der Waals surface area (Å²) < 4.78 is 27.2. The smallest absolute Gasteiger partial charge is 0.263 e. The molecule has 6 heteroatoms. The van der Waals surface area contributed by atoms with Crippen LogP contribution in [0, 0.1) is 18.6 Å². The Balaban J connectivity index is 1.82. The third kappa shape index (κ3) is 3.27. The van der Waals surface area contributed by atoms with E-state index in [0.717, 1.165) is 23.3 Å². The van der Waals surface area contributed by atoms with E-state index in [0.29, 0.717) is 5.69 Å². The molecule has 3 aromatic rings. The molecule has 0 aliphatic carbocycles. The minimum absolute atomic E-state index is 0.285. The minimum Gasteiger partial charge on any atom is -0.298 e. The molecule has 0 spiro atoms. The number of amides is 1. The predicted octanol–water partition coefficient (Wildman–Crippen LogP) is 4.65. The highest BCUT2D eigenvalue weighted by Gasteiger charge is 2.18. The van der Waals surface area contributed by atoms with E-state index in [9.17, 15) is 13.6 Å². The van der Waals surface area contributed by atoms with E-state index in [1.54, 1.807) is 5.38 Å². The van der Waals surface area contributed by atoms with Gasteiger partial charge in [0.05, 0.1) is 5.69 Å². The Morgan fingerprint density at radius 1 is 1.09 bits per heavy atom. The van der Waals surface area contributed by atoms with Gasteiger partial charge in [0.25, 0.3) is 5.91 Å². The highest BCUT2D eigenvalue weighted by Crippen LogP contribution is 2.26. The fourth-order valence-electron chi connectivity index (χ4n) is 2.06. The van der Waals surface area contributed by atoms with Crippen LogP contribution in [-0.2, 0) is 0 Å². The summed E-state index contributed by atoms with van der Waals surface area (Å²) in [6, 6.07) is 11.1. The number of thiazole rings is 1. The van der Waals surface area contributed by atoms with Crippen LogP contribution in [0.4, 0.5) is 13.9 Å². The molecule has 1 aromatic heterocycles. The molecule has 2 aromatic carbocycles. The summed E-state index contributed by atoms with van der Waals surface area (Å²) in [6.45, 7) is 1.99. The van der Waals surface area contributed by atoms with Gasteiger partial charge in [-0.1, -0.05) is 35.9 Å². The van der Waals surface area contributed by atoms with Crippen LogP contribution < -0.4 is 5.32 Å². The first-order chi connectivity index (χ1) is 11.0. The molecule has 3 rings (SSSR count). The second-order valence-corrected chi connectivity index (χ2v) is 5.81. The molecule has 0 aliphatic rings. The number of nitrogens with one attached hydrogen (secondary N) is 1. The van der Waals surface area contributed by atoms with Crippen molar-refractivity contribution >= 4 is 22.4 Å². The molecule has 0 bridgehead atoms. The molecule has 0 aliphatic heterocycles. The zero-order chi connectivity index (χ0) is 16.4. The molecule has 0 atom stereocenters. The Kier molecular flexibility index (Phi) is 4.16. The summed E-state index contributed by atoms with van der Waals surface area (Å²) in [5, 5.41) is 4.49. The summed E-state index contributed by atoms with van der Waals surface area (Å²) in [6.07, 6.45) is 0. The second-order valence-electron chi connectivity index (χ2n) is 4.95. The molecular weight excluding hydrogens is 318 g/mol. The van der Waals surface area contributed by atoms with E-state index in [-0.39, 0.29) is 5.13 Å². The summed E-state index contributed by atoms with van der Waals surface area (Å²) in [5.41, 5.74) is 2.12. The van der Waals surface area contributed by atoms with E-state index in [2.05, 4.69) is 10.3 Å². The van der Waals surface area contributed by atoms with Crippen molar-refractivity contribution in [3.63, 3.8) is 0 Å². The van der Waals surface area contributed by atoms with Gasteiger partial charge in [0, 0.05) is 10.9 Å². The Labute approximate surface area is 135 Å².